The van der Waals surface area contributed by atoms with Gasteiger partial charge in [0, 0.05) is 0 Å². The monoisotopic (exact) mass is 362 g/mol. The molecule has 0 N–H and O–H groups in total. The Morgan fingerprint density at radius 1 is 0.393 bits per heavy atom. The van der Waals surface area contributed by atoms with Gasteiger partial charge in [0.2, 0.25) is 0 Å². The molecule has 3 heteroatoms. The Hall–Kier alpha value is -3.07. The summed E-state index contributed by atoms with van der Waals surface area (Å²) in [7, 11) is 0. The van der Waals surface area contributed by atoms with Crippen LogP contribution in [-0.2, 0) is 14.4 Å². The Labute approximate surface area is 160 Å². The summed E-state index contributed by atoms with van der Waals surface area (Å²) in [6.07, 6.45) is 8.02. The van der Waals surface area contributed by atoms with Crippen LogP contribution in [0.2, 0.25) is 0 Å². The highest BCUT2D eigenvalue weighted by atomic mass is 16.1. The van der Waals surface area contributed by atoms with Gasteiger partial charge in [-0.3, -0.25) is 14.4 Å². The fourth-order valence-corrected chi connectivity index (χ4v) is 6.77. The van der Waals surface area contributed by atoms with Gasteiger partial charge >= 0.3 is 0 Å². The number of hydrogen-bond acceptors (Lipinski definition) is 3. The van der Waals surface area contributed by atoms with E-state index in [1.807, 2.05) is 24.3 Å². The smallest absolute Gasteiger partial charge is 0.156 e. The van der Waals surface area contributed by atoms with E-state index in [4.69, 9.17) is 0 Å². The molecule has 132 valence electrons. The zero-order chi connectivity index (χ0) is 18.5. The van der Waals surface area contributed by atoms with E-state index in [-0.39, 0.29) is 52.9 Å². The van der Waals surface area contributed by atoms with Crippen LogP contribution in [0.15, 0.2) is 48.6 Å². The van der Waals surface area contributed by atoms with E-state index in [1.54, 1.807) is 0 Å². The second kappa shape index (κ2) is 4.02. The Bertz CT molecular complexity index is 1120. The summed E-state index contributed by atoms with van der Waals surface area (Å²) in [5.74, 6) is -0.172. The lowest BCUT2D eigenvalue weighted by molar-refractivity contribution is -0.119. The molecule has 0 aromatic heterocycles. The van der Waals surface area contributed by atoms with Gasteiger partial charge in [-0.1, -0.05) is 48.6 Å². The number of carbonyl (C=O) groups is 3. The van der Waals surface area contributed by atoms with Crippen molar-refractivity contribution in [2.75, 3.05) is 0 Å². The molecule has 0 radical (unpaired) electrons. The predicted octanol–water partition coefficient (Wildman–Crippen LogP) is 3.49. The lowest BCUT2D eigenvalue weighted by atomic mass is 9.80. The number of Topliss-reactive ketones (excluding diaryl/α,β-unsaturated/α-hetero) is 3. The van der Waals surface area contributed by atoms with E-state index in [0.717, 1.165) is 44.5 Å². The Morgan fingerprint density at radius 3 is 0.964 bits per heavy atom. The quantitative estimate of drug-likeness (QED) is 0.674. The predicted molar refractivity (Wildman–Crippen MR) is 101 cm³/mol. The van der Waals surface area contributed by atoms with Crippen molar-refractivity contribution in [3.8, 4) is 0 Å². The van der Waals surface area contributed by atoms with Crippen molar-refractivity contribution < 1.29 is 14.4 Å². The zero-order valence-corrected chi connectivity index (χ0v) is 14.8. The largest absolute Gasteiger partial charge is 0.298 e. The van der Waals surface area contributed by atoms with Crippen molar-refractivity contribution in [2.24, 2.45) is 0 Å². The number of fused-ring (bicyclic) bond motifs is 18. The number of benzene rings is 2. The van der Waals surface area contributed by atoms with Crippen LogP contribution in [-0.4, -0.2) is 17.3 Å². The highest BCUT2D eigenvalue weighted by Crippen LogP contribution is 2.59. The van der Waals surface area contributed by atoms with Crippen molar-refractivity contribution in [3.63, 3.8) is 0 Å². The molecule has 0 amide bonds. The maximum atomic E-state index is 13.3. The standard InChI is InChI=1S/C25H14O3/c26-23-9-1-2-10(23)14-6-18-17(5-13(9)14)21-19-7-15-11-3-4-12(24(11)27)16(15)8-20(19)22(18)25(21)28/h1-12,21-22H/t9-,10?,11+,12?,21?,22?. The lowest BCUT2D eigenvalue weighted by Crippen LogP contribution is -2.08. The molecule has 2 aromatic carbocycles. The van der Waals surface area contributed by atoms with Crippen LogP contribution >= 0.6 is 0 Å². The average Bonchev–Trinajstić information content (AvgIpc) is 3.48. The maximum Gasteiger partial charge on any atom is 0.156 e. The molecule has 6 atom stereocenters. The molecular formula is C25H14O3. The summed E-state index contributed by atoms with van der Waals surface area (Å²) >= 11 is 0. The number of ketones is 3. The van der Waals surface area contributed by atoms with Crippen LogP contribution in [0.5, 0.6) is 0 Å². The van der Waals surface area contributed by atoms with Crippen LogP contribution in [0.4, 0.5) is 0 Å². The third-order valence-corrected chi connectivity index (χ3v) is 7.95. The second-order valence-corrected chi connectivity index (χ2v) is 8.97. The van der Waals surface area contributed by atoms with Gasteiger partial charge in [0.05, 0.1) is 35.5 Å². The van der Waals surface area contributed by atoms with Gasteiger partial charge in [-0.05, 0) is 44.5 Å². The summed E-state index contributed by atoms with van der Waals surface area (Å²) in [6.45, 7) is 0. The molecule has 6 aliphatic rings. The molecule has 6 bridgehead atoms. The molecule has 6 aliphatic carbocycles. The van der Waals surface area contributed by atoms with Gasteiger partial charge in [-0.2, -0.15) is 0 Å². The van der Waals surface area contributed by atoms with E-state index in [0.29, 0.717) is 0 Å². The van der Waals surface area contributed by atoms with E-state index in [9.17, 15) is 14.4 Å². The van der Waals surface area contributed by atoms with Gasteiger partial charge < -0.3 is 0 Å². The molecule has 0 saturated carbocycles. The van der Waals surface area contributed by atoms with E-state index in [2.05, 4.69) is 24.3 Å². The average molecular weight is 362 g/mol. The fraction of sp³-hybridized carbons (Fsp3) is 0.240. The topological polar surface area (TPSA) is 51.2 Å². The third-order valence-electron chi connectivity index (χ3n) is 7.95. The number of hydrogen-bond donors (Lipinski definition) is 0. The Balaban J connectivity index is 1.36. The molecule has 0 saturated heterocycles. The number of rotatable bonds is 0. The SMILES string of the molecule is O=C1C2c3cc4c(cc3C1c1cc3c(cc12)C1C=C[C@H]3C1=O)[C@@H]1C=CC4C1=O. The first-order valence-electron chi connectivity index (χ1n) is 9.96. The summed E-state index contributed by atoms with van der Waals surface area (Å²) in [5.41, 5.74) is 8.71. The number of carbonyl (C=O) groups excluding carboxylic acids is 3. The Morgan fingerprint density at radius 2 is 0.679 bits per heavy atom. The van der Waals surface area contributed by atoms with E-state index in [1.165, 1.54) is 0 Å². The second-order valence-electron chi connectivity index (χ2n) is 8.97. The highest BCUT2D eigenvalue weighted by Gasteiger charge is 2.53. The first-order valence-corrected chi connectivity index (χ1v) is 9.96. The molecule has 2 aromatic rings. The van der Waals surface area contributed by atoms with Gasteiger partial charge in [-0.15, -0.1) is 0 Å². The summed E-state index contributed by atoms with van der Waals surface area (Å²) in [5, 5.41) is 0. The number of allylic oxidation sites excluding steroid dienone is 4. The van der Waals surface area contributed by atoms with Crippen LogP contribution in [0.1, 0.15) is 80.0 Å². The molecule has 3 nitrogen and oxygen atoms in total. The zero-order valence-electron chi connectivity index (χ0n) is 14.8. The summed E-state index contributed by atoms with van der Waals surface area (Å²) < 4.78 is 0. The van der Waals surface area contributed by atoms with Crippen LogP contribution in [0.25, 0.3) is 0 Å². The summed E-state index contributed by atoms with van der Waals surface area (Å²) in [6, 6.07) is 8.53. The van der Waals surface area contributed by atoms with Crippen molar-refractivity contribution in [3.05, 3.63) is 93.1 Å². The van der Waals surface area contributed by atoms with Crippen LogP contribution in [0, 0.1) is 0 Å². The van der Waals surface area contributed by atoms with Crippen molar-refractivity contribution in [1.29, 1.82) is 0 Å². The molecule has 0 fully saturated rings. The first-order chi connectivity index (χ1) is 13.6. The third kappa shape index (κ3) is 1.22. The molecule has 28 heavy (non-hydrogen) atoms. The van der Waals surface area contributed by atoms with Gasteiger partial charge in [0.15, 0.2) is 17.3 Å². The summed E-state index contributed by atoms with van der Waals surface area (Å²) in [4.78, 5) is 38.2. The van der Waals surface area contributed by atoms with Gasteiger partial charge in [-0.25, -0.2) is 0 Å². The molecule has 0 heterocycles. The minimum atomic E-state index is -0.234. The minimum absolute atomic E-state index is 0.127. The van der Waals surface area contributed by atoms with E-state index < -0.39 is 0 Å². The van der Waals surface area contributed by atoms with Gasteiger partial charge in [0.1, 0.15) is 0 Å². The molecule has 0 aliphatic heterocycles. The van der Waals surface area contributed by atoms with Crippen molar-refractivity contribution in [2.45, 2.75) is 35.5 Å². The van der Waals surface area contributed by atoms with Crippen molar-refractivity contribution in [1.82, 2.24) is 0 Å². The highest BCUT2D eigenvalue weighted by molar-refractivity contribution is 6.09. The molecule has 0 spiro atoms. The normalized spacial score (nSPS) is 35.8. The van der Waals surface area contributed by atoms with Crippen LogP contribution in [0.3, 0.4) is 0 Å². The fourth-order valence-electron chi connectivity index (χ4n) is 6.77. The lowest BCUT2D eigenvalue weighted by Gasteiger charge is -2.23. The minimum Gasteiger partial charge on any atom is -0.298 e. The Kier molecular flexibility index (Phi) is 2.01. The van der Waals surface area contributed by atoms with E-state index >= 15 is 0 Å². The molecular weight excluding hydrogens is 348 g/mol. The van der Waals surface area contributed by atoms with Crippen molar-refractivity contribution >= 4 is 17.3 Å². The molecule has 8 rings (SSSR count). The first kappa shape index (κ1) is 14.0. The molecule has 4 unspecified atom stereocenters. The van der Waals surface area contributed by atoms with Crippen LogP contribution < -0.4 is 0 Å². The van der Waals surface area contributed by atoms with Gasteiger partial charge in [0.25, 0.3) is 0 Å². The maximum absolute atomic E-state index is 13.3.